The first-order valence-corrected chi connectivity index (χ1v) is 35.7. The van der Waals surface area contributed by atoms with E-state index in [4.69, 9.17) is 17.0 Å². The molecule has 263 valence electrons. The molecule has 0 spiro atoms. The van der Waals surface area contributed by atoms with Gasteiger partial charge in [0.2, 0.25) is 0 Å². The summed E-state index contributed by atoms with van der Waals surface area (Å²) in [6.45, 7) is 19.0. The maximum absolute atomic E-state index is 8.87. The van der Waals surface area contributed by atoms with Gasteiger partial charge in [0.05, 0.1) is 0 Å². The molecule has 0 bridgehead atoms. The van der Waals surface area contributed by atoms with E-state index in [2.05, 4.69) is 152 Å². The maximum atomic E-state index is 8.87. The van der Waals surface area contributed by atoms with E-state index in [1.54, 1.807) is 0 Å². The van der Waals surface area contributed by atoms with Crippen LogP contribution in [0.2, 0.25) is 13.1 Å². The molecule has 4 unspecified atom stereocenters. The van der Waals surface area contributed by atoms with Gasteiger partial charge in [0, 0.05) is 0 Å². The number of halogens is 2. The number of hydrogen-bond acceptors (Lipinski definition) is 0. The van der Waals surface area contributed by atoms with Crippen LogP contribution in [-0.2, 0) is 15.6 Å². The molecule has 0 N–H and O–H groups in total. The van der Waals surface area contributed by atoms with Crippen molar-refractivity contribution in [1.82, 2.24) is 0 Å². The molecule has 50 heavy (non-hydrogen) atoms. The number of benzene rings is 4. The van der Waals surface area contributed by atoms with E-state index < -0.39 is 21.5 Å². The summed E-state index contributed by atoms with van der Waals surface area (Å²) in [5.41, 5.74) is 16.8. The van der Waals surface area contributed by atoms with E-state index in [1.807, 2.05) is 0 Å². The molecule has 0 aliphatic heterocycles. The Bertz CT molecular complexity index is 1770. The topological polar surface area (TPSA) is 0 Å². The van der Waals surface area contributed by atoms with Gasteiger partial charge in [-0.05, 0) is 0 Å². The second kappa shape index (κ2) is 15.2. The molecule has 0 aromatic heterocycles. The average molecular weight is 800 g/mol. The standard InChI is InChI=1S/2C22H25.C2H7Si.2ClH.Zr/c2*1-4-9-17-14-19-12-13-20(16(3)5-2)22(21(19)15-17)18-10-7-6-8-11-18;1-3-2;;;/h2*6-8,10-16H,4-5,9H2,1-3H3;3H,1-2H3;2*1H;/q;;;;;+2/p-2. The van der Waals surface area contributed by atoms with Crippen LogP contribution in [0.1, 0.15) is 133 Å². The van der Waals surface area contributed by atoms with Gasteiger partial charge in [0.25, 0.3) is 0 Å². The number of allylic oxidation sites excluding steroid dienone is 2. The third-order valence-electron chi connectivity index (χ3n) is 12.3. The van der Waals surface area contributed by atoms with Gasteiger partial charge in [0.15, 0.2) is 0 Å². The second-order valence-corrected chi connectivity index (χ2v) is 58.1. The van der Waals surface area contributed by atoms with Crippen LogP contribution in [0.25, 0.3) is 34.4 Å². The summed E-state index contributed by atoms with van der Waals surface area (Å²) in [6.07, 6.45) is 11.6. The molecule has 2 aliphatic carbocycles. The minimum absolute atomic E-state index is 0.112. The van der Waals surface area contributed by atoms with E-state index in [9.17, 15) is 0 Å². The van der Waals surface area contributed by atoms with Gasteiger partial charge in [-0.3, -0.25) is 0 Å². The van der Waals surface area contributed by atoms with E-state index in [1.165, 1.54) is 66.8 Å². The molecule has 4 aromatic rings. The Labute approximate surface area is 312 Å². The minimum atomic E-state index is -4.91. The van der Waals surface area contributed by atoms with Gasteiger partial charge >= 0.3 is 315 Å². The molecular formula is C46H57Cl2SiZr. The van der Waals surface area contributed by atoms with Crippen molar-refractivity contribution in [3.8, 4) is 22.3 Å². The van der Waals surface area contributed by atoms with Crippen molar-refractivity contribution in [3.63, 3.8) is 0 Å². The van der Waals surface area contributed by atoms with Gasteiger partial charge in [-0.2, -0.15) is 0 Å². The third kappa shape index (κ3) is 6.27. The molecule has 4 aromatic carbocycles. The molecule has 0 saturated heterocycles. The fourth-order valence-electron chi connectivity index (χ4n) is 9.32. The number of hydrogen-bond donors (Lipinski definition) is 0. The van der Waals surface area contributed by atoms with E-state index >= 15 is 0 Å². The fraction of sp³-hybridized carbons (Fsp3) is 0.391. The zero-order valence-electron chi connectivity index (χ0n) is 31.6. The molecule has 0 nitrogen and oxygen atoms in total. The molecule has 0 heterocycles. The zero-order chi connectivity index (χ0) is 35.8. The normalized spacial score (nSPS) is 19.0. The Morgan fingerprint density at radius 3 is 1.28 bits per heavy atom. The van der Waals surface area contributed by atoms with Crippen molar-refractivity contribution < 1.29 is 15.6 Å². The first kappa shape index (κ1) is 37.8. The number of fused-ring (bicyclic) bond motifs is 2. The van der Waals surface area contributed by atoms with Crippen LogP contribution in [0.3, 0.4) is 0 Å². The van der Waals surface area contributed by atoms with Crippen LogP contribution in [0, 0.1) is 0 Å². The molecule has 0 amide bonds. The molecular weight excluding hydrogens is 743 g/mol. The van der Waals surface area contributed by atoms with Gasteiger partial charge in [-0.1, -0.05) is 0 Å². The SMILES string of the molecule is CCCC1=Cc2c(ccc(C(C)CC)c2-c2ccccc2)[CH]1[Zr]([Cl])([Cl])([CH]1C(CCC)=Cc2c1ccc(C(C)CC)c2-c1ccccc1)[SiH](C)C. The van der Waals surface area contributed by atoms with Gasteiger partial charge in [0.1, 0.15) is 0 Å². The van der Waals surface area contributed by atoms with E-state index in [-0.39, 0.29) is 7.25 Å². The van der Waals surface area contributed by atoms with Crippen molar-refractivity contribution >= 4 is 35.1 Å². The Balaban J connectivity index is 1.66. The van der Waals surface area contributed by atoms with Crippen molar-refractivity contribution in [3.05, 3.63) is 129 Å². The molecule has 0 fully saturated rings. The van der Waals surface area contributed by atoms with Crippen LogP contribution in [0.5, 0.6) is 0 Å². The van der Waals surface area contributed by atoms with Crippen molar-refractivity contribution in [1.29, 1.82) is 0 Å². The molecule has 4 heteroatoms. The fourth-order valence-corrected chi connectivity index (χ4v) is 40.8. The average Bonchev–Trinajstić information content (AvgIpc) is 3.70. The first-order valence-electron chi connectivity index (χ1n) is 19.4. The molecule has 0 radical (unpaired) electrons. The monoisotopic (exact) mass is 797 g/mol. The van der Waals surface area contributed by atoms with Crippen molar-refractivity contribution in [2.75, 3.05) is 0 Å². The summed E-state index contributed by atoms with van der Waals surface area (Å²) >= 11 is -4.91. The van der Waals surface area contributed by atoms with E-state index in [0.29, 0.717) is 11.8 Å². The van der Waals surface area contributed by atoms with Crippen LogP contribution < -0.4 is 0 Å². The number of rotatable bonds is 13. The molecule has 4 atom stereocenters. The summed E-state index contributed by atoms with van der Waals surface area (Å²) in [6, 6.07) is 32.0. The molecule has 2 aliphatic rings. The second-order valence-electron chi connectivity index (χ2n) is 15.6. The Morgan fingerprint density at radius 2 is 0.960 bits per heavy atom. The van der Waals surface area contributed by atoms with Crippen LogP contribution >= 0.6 is 17.0 Å². The van der Waals surface area contributed by atoms with Gasteiger partial charge < -0.3 is 0 Å². The third-order valence-corrected chi connectivity index (χ3v) is 64.2. The van der Waals surface area contributed by atoms with Gasteiger partial charge in [-0.25, -0.2) is 0 Å². The van der Waals surface area contributed by atoms with Gasteiger partial charge in [-0.15, -0.1) is 0 Å². The van der Waals surface area contributed by atoms with Crippen LogP contribution in [0.15, 0.2) is 96.1 Å². The Morgan fingerprint density at radius 1 is 0.580 bits per heavy atom. The zero-order valence-corrected chi connectivity index (χ0v) is 36.7. The summed E-state index contributed by atoms with van der Waals surface area (Å²) in [7, 11) is 17.7. The Kier molecular flexibility index (Phi) is 11.5. The van der Waals surface area contributed by atoms with Crippen LogP contribution in [-0.4, -0.2) is 5.92 Å². The summed E-state index contributed by atoms with van der Waals surface area (Å²) < 4.78 is 0.223. The molecule has 6 rings (SSSR count). The van der Waals surface area contributed by atoms with E-state index in [0.717, 1.165) is 38.5 Å². The summed E-state index contributed by atoms with van der Waals surface area (Å²) in [4.78, 5) is 0. The Hall–Kier alpha value is -1.96. The predicted molar refractivity (Wildman–Crippen MR) is 223 cm³/mol. The summed E-state index contributed by atoms with van der Waals surface area (Å²) in [5, 5.41) is 0. The first-order chi connectivity index (χ1) is 24.0. The summed E-state index contributed by atoms with van der Waals surface area (Å²) in [5.74, 6) is -0.740. The quantitative estimate of drug-likeness (QED) is 0.118. The molecule has 0 saturated carbocycles. The van der Waals surface area contributed by atoms with Crippen LogP contribution in [0.4, 0.5) is 0 Å². The van der Waals surface area contributed by atoms with Crippen molar-refractivity contribution in [2.24, 2.45) is 0 Å². The van der Waals surface area contributed by atoms with Crippen molar-refractivity contribution in [2.45, 2.75) is 112 Å². The predicted octanol–water partition coefficient (Wildman–Crippen LogP) is 15.2.